The summed E-state index contributed by atoms with van der Waals surface area (Å²) in [7, 11) is 1.66. The molecule has 0 saturated carbocycles. The second-order valence-corrected chi connectivity index (χ2v) is 9.13. The van der Waals surface area contributed by atoms with Crippen LogP contribution in [0.2, 0.25) is 0 Å². The standard InChI is InChI=1S/C26H26O3S/c1-17-13-24(18(2)30-17)25(27)11-7-19-8-12-26(28-3)22(14-19)16-29-23-10-9-20-5-4-6-21(20)15-23/h7-15H,4-6,16H2,1-3H3/b11-7+. The van der Waals surface area contributed by atoms with Gasteiger partial charge in [0.1, 0.15) is 18.1 Å². The molecule has 4 rings (SSSR count). The Morgan fingerprint density at radius 1 is 1.07 bits per heavy atom. The summed E-state index contributed by atoms with van der Waals surface area (Å²) in [5.74, 6) is 1.70. The molecule has 30 heavy (non-hydrogen) atoms. The maximum absolute atomic E-state index is 12.5. The van der Waals surface area contributed by atoms with Gasteiger partial charge in [-0.15, -0.1) is 11.3 Å². The van der Waals surface area contributed by atoms with Crippen molar-refractivity contribution in [3.05, 3.63) is 86.1 Å². The van der Waals surface area contributed by atoms with Crippen LogP contribution in [0.3, 0.4) is 0 Å². The van der Waals surface area contributed by atoms with Gasteiger partial charge in [-0.05, 0) is 86.2 Å². The van der Waals surface area contributed by atoms with Crippen LogP contribution in [-0.2, 0) is 19.4 Å². The molecule has 1 aromatic heterocycles. The number of thiophene rings is 1. The van der Waals surface area contributed by atoms with E-state index in [1.807, 2.05) is 50.3 Å². The molecule has 0 fully saturated rings. The lowest BCUT2D eigenvalue weighted by atomic mass is 10.1. The molecule has 1 aliphatic rings. The summed E-state index contributed by atoms with van der Waals surface area (Å²) >= 11 is 1.65. The zero-order valence-corrected chi connectivity index (χ0v) is 18.5. The number of hydrogen-bond donors (Lipinski definition) is 0. The molecular weight excluding hydrogens is 392 g/mol. The number of hydrogen-bond acceptors (Lipinski definition) is 4. The van der Waals surface area contributed by atoms with Gasteiger partial charge >= 0.3 is 0 Å². The summed E-state index contributed by atoms with van der Waals surface area (Å²) in [6.07, 6.45) is 7.02. The van der Waals surface area contributed by atoms with Gasteiger partial charge in [-0.2, -0.15) is 0 Å². The van der Waals surface area contributed by atoms with E-state index in [1.165, 1.54) is 24.0 Å². The highest BCUT2D eigenvalue weighted by molar-refractivity contribution is 7.12. The average Bonchev–Trinajstić information content (AvgIpc) is 3.35. The van der Waals surface area contributed by atoms with Crippen LogP contribution in [0.5, 0.6) is 11.5 Å². The lowest BCUT2D eigenvalue weighted by molar-refractivity contribution is 0.104. The topological polar surface area (TPSA) is 35.5 Å². The number of carbonyl (C=O) groups is 1. The molecule has 0 aliphatic heterocycles. The second kappa shape index (κ2) is 8.88. The summed E-state index contributed by atoms with van der Waals surface area (Å²) in [5.41, 5.74) is 5.51. The number of allylic oxidation sites excluding steroid dienone is 1. The Balaban J connectivity index is 1.49. The van der Waals surface area contributed by atoms with E-state index in [1.54, 1.807) is 24.5 Å². The molecule has 2 aromatic carbocycles. The van der Waals surface area contributed by atoms with Crippen LogP contribution in [0.1, 0.15) is 48.8 Å². The van der Waals surface area contributed by atoms with Crippen LogP contribution in [0, 0.1) is 13.8 Å². The third kappa shape index (κ3) is 4.49. The number of methoxy groups -OCH3 is 1. The SMILES string of the molecule is COc1ccc(/C=C/C(=O)c2cc(C)sc2C)cc1COc1ccc2c(c1)CCC2. The Hall–Kier alpha value is -2.85. The molecular formula is C26H26O3S. The van der Waals surface area contributed by atoms with E-state index in [-0.39, 0.29) is 5.78 Å². The molecule has 3 aromatic rings. The average molecular weight is 419 g/mol. The Kier molecular flexibility index (Phi) is 6.05. The number of benzene rings is 2. The number of ether oxygens (including phenoxy) is 2. The van der Waals surface area contributed by atoms with Gasteiger partial charge in [0.2, 0.25) is 0 Å². The highest BCUT2D eigenvalue weighted by Gasteiger charge is 2.12. The Morgan fingerprint density at radius 2 is 1.90 bits per heavy atom. The summed E-state index contributed by atoms with van der Waals surface area (Å²) in [6.45, 7) is 4.43. The van der Waals surface area contributed by atoms with Crippen LogP contribution in [0.4, 0.5) is 0 Å². The second-order valence-electron chi connectivity index (χ2n) is 7.67. The van der Waals surface area contributed by atoms with Crippen LogP contribution >= 0.6 is 11.3 Å². The molecule has 0 amide bonds. The monoisotopic (exact) mass is 418 g/mol. The van der Waals surface area contributed by atoms with Crippen molar-refractivity contribution < 1.29 is 14.3 Å². The van der Waals surface area contributed by atoms with E-state index in [4.69, 9.17) is 9.47 Å². The maximum Gasteiger partial charge on any atom is 0.186 e. The van der Waals surface area contributed by atoms with E-state index in [0.717, 1.165) is 44.4 Å². The largest absolute Gasteiger partial charge is 0.496 e. The zero-order chi connectivity index (χ0) is 21.1. The number of carbonyl (C=O) groups excluding carboxylic acids is 1. The van der Waals surface area contributed by atoms with E-state index in [0.29, 0.717) is 6.61 Å². The lowest BCUT2D eigenvalue weighted by Gasteiger charge is -2.12. The first kappa shape index (κ1) is 20.4. The first-order chi connectivity index (χ1) is 14.5. The van der Waals surface area contributed by atoms with Crippen molar-refractivity contribution in [3.8, 4) is 11.5 Å². The molecule has 3 nitrogen and oxygen atoms in total. The number of aryl methyl sites for hydroxylation is 4. The Bertz CT molecular complexity index is 1110. The van der Waals surface area contributed by atoms with Crippen molar-refractivity contribution in [1.29, 1.82) is 0 Å². The predicted octanol–water partition coefficient (Wildman–Crippen LogP) is 6.34. The first-order valence-electron chi connectivity index (χ1n) is 10.2. The molecule has 0 atom stereocenters. The highest BCUT2D eigenvalue weighted by Crippen LogP contribution is 2.28. The molecule has 0 radical (unpaired) electrons. The fraction of sp³-hybridized carbons (Fsp3) is 0.269. The van der Waals surface area contributed by atoms with Gasteiger partial charge in [-0.1, -0.05) is 18.2 Å². The normalized spacial score (nSPS) is 12.9. The summed E-state index contributed by atoms with van der Waals surface area (Å²) < 4.78 is 11.6. The minimum absolute atomic E-state index is 0.0311. The Morgan fingerprint density at radius 3 is 2.67 bits per heavy atom. The van der Waals surface area contributed by atoms with Crippen molar-refractivity contribution in [1.82, 2.24) is 0 Å². The molecule has 0 unspecified atom stereocenters. The minimum atomic E-state index is 0.0311. The van der Waals surface area contributed by atoms with Crippen molar-refractivity contribution in [3.63, 3.8) is 0 Å². The van der Waals surface area contributed by atoms with Gasteiger partial charge < -0.3 is 9.47 Å². The van der Waals surface area contributed by atoms with Crippen molar-refractivity contribution >= 4 is 23.2 Å². The van der Waals surface area contributed by atoms with E-state index < -0.39 is 0 Å². The van der Waals surface area contributed by atoms with Crippen LogP contribution < -0.4 is 9.47 Å². The van der Waals surface area contributed by atoms with E-state index >= 15 is 0 Å². The van der Waals surface area contributed by atoms with Crippen LogP contribution in [0.15, 0.2) is 48.5 Å². The summed E-state index contributed by atoms with van der Waals surface area (Å²) in [5, 5.41) is 0. The number of rotatable bonds is 7. The maximum atomic E-state index is 12.5. The van der Waals surface area contributed by atoms with Crippen molar-refractivity contribution in [2.75, 3.05) is 7.11 Å². The summed E-state index contributed by atoms with van der Waals surface area (Å²) in [4.78, 5) is 14.7. The van der Waals surface area contributed by atoms with Gasteiger partial charge in [0, 0.05) is 20.9 Å². The van der Waals surface area contributed by atoms with Gasteiger partial charge in [0.05, 0.1) is 7.11 Å². The molecule has 0 saturated heterocycles. The van der Waals surface area contributed by atoms with Gasteiger partial charge in [-0.3, -0.25) is 4.79 Å². The lowest BCUT2D eigenvalue weighted by Crippen LogP contribution is -2.00. The van der Waals surface area contributed by atoms with Crippen LogP contribution in [-0.4, -0.2) is 12.9 Å². The molecule has 1 heterocycles. The van der Waals surface area contributed by atoms with Gasteiger partial charge in [0.15, 0.2) is 5.78 Å². The molecule has 1 aliphatic carbocycles. The number of ketones is 1. The van der Waals surface area contributed by atoms with Crippen molar-refractivity contribution in [2.24, 2.45) is 0 Å². The third-order valence-corrected chi connectivity index (χ3v) is 6.47. The fourth-order valence-corrected chi connectivity index (χ4v) is 4.88. The third-order valence-electron chi connectivity index (χ3n) is 5.50. The fourth-order valence-electron chi connectivity index (χ4n) is 3.95. The molecule has 0 N–H and O–H groups in total. The molecule has 154 valence electrons. The molecule has 0 spiro atoms. The van der Waals surface area contributed by atoms with Crippen molar-refractivity contribution in [2.45, 2.75) is 39.7 Å². The Labute approximate surface area is 182 Å². The molecule has 0 bridgehead atoms. The predicted molar refractivity (Wildman–Crippen MR) is 123 cm³/mol. The smallest absolute Gasteiger partial charge is 0.186 e. The van der Waals surface area contributed by atoms with E-state index in [2.05, 4.69) is 12.1 Å². The highest BCUT2D eigenvalue weighted by atomic mass is 32.1. The molecule has 4 heteroatoms. The first-order valence-corrected chi connectivity index (χ1v) is 11.1. The minimum Gasteiger partial charge on any atom is -0.496 e. The zero-order valence-electron chi connectivity index (χ0n) is 17.7. The van der Waals surface area contributed by atoms with E-state index in [9.17, 15) is 4.79 Å². The van der Waals surface area contributed by atoms with Gasteiger partial charge in [-0.25, -0.2) is 0 Å². The summed E-state index contributed by atoms with van der Waals surface area (Å²) in [6, 6.07) is 14.2. The van der Waals surface area contributed by atoms with Gasteiger partial charge in [0.25, 0.3) is 0 Å². The van der Waals surface area contributed by atoms with Crippen LogP contribution in [0.25, 0.3) is 6.08 Å². The number of fused-ring (bicyclic) bond motifs is 1. The quantitative estimate of drug-likeness (QED) is 0.332.